The van der Waals surface area contributed by atoms with E-state index in [4.69, 9.17) is 5.73 Å². The van der Waals surface area contributed by atoms with Gasteiger partial charge in [0.25, 0.3) is 0 Å². The van der Waals surface area contributed by atoms with Crippen molar-refractivity contribution in [1.82, 2.24) is 9.55 Å². The number of halogens is 4. The van der Waals surface area contributed by atoms with Crippen LogP contribution >= 0.6 is 15.9 Å². The molecule has 7 heteroatoms. The lowest BCUT2D eigenvalue weighted by Crippen LogP contribution is -2.12. The zero-order valence-electron chi connectivity index (χ0n) is 9.95. The van der Waals surface area contributed by atoms with Gasteiger partial charge in [0.15, 0.2) is 0 Å². The third-order valence-electron chi connectivity index (χ3n) is 2.62. The number of alkyl halides is 3. The molecular weight excluding hydrogens is 323 g/mol. The van der Waals surface area contributed by atoms with E-state index in [-0.39, 0.29) is 6.04 Å². The summed E-state index contributed by atoms with van der Waals surface area (Å²) in [5.74, 6) is 0. The number of nitrogens with zero attached hydrogens (tertiary/aromatic N) is 2. The van der Waals surface area contributed by atoms with Gasteiger partial charge < -0.3 is 10.3 Å². The quantitative estimate of drug-likeness (QED) is 0.911. The van der Waals surface area contributed by atoms with E-state index >= 15 is 0 Å². The summed E-state index contributed by atoms with van der Waals surface area (Å²) in [6.45, 7) is 1.75. The van der Waals surface area contributed by atoms with Crippen LogP contribution in [0.3, 0.4) is 0 Å². The van der Waals surface area contributed by atoms with Crippen molar-refractivity contribution >= 4 is 15.9 Å². The second-order valence-electron chi connectivity index (χ2n) is 4.17. The number of imidazole rings is 1. The molecule has 0 saturated carbocycles. The second kappa shape index (κ2) is 4.97. The van der Waals surface area contributed by atoms with Gasteiger partial charge >= 0.3 is 6.18 Å². The van der Waals surface area contributed by atoms with Crippen molar-refractivity contribution in [3.05, 3.63) is 46.5 Å². The number of benzene rings is 1. The molecule has 0 bridgehead atoms. The van der Waals surface area contributed by atoms with E-state index < -0.39 is 11.7 Å². The third-order valence-corrected chi connectivity index (χ3v) is 3.08. The summed E-state index contributed by atoms with van der Waals surface area (Å²) in [6.07, 6.45) is -1.41. The lowest BCUT2D eigenvalue weighted by molar-refractivity contribution is -0.137. The molecule has 1 atom stereocenters. The Morgan fingerprint density at radius 1 is 1.32 bits per heavy atom. The normalized spacial score (nSPS) is 13.6. The van der Waals surface area contributed by atoms with Crippen molar-refractivity contribution < 1.29 is 13.2 Å². The van der Waals surface area contributed by atoms with Crippen molar-refractivity contribution in [2.24, 2.45) is 5.73 Å². The molecule has 3 nitrogen and oxygen atoms in total. The van der Waals surface area contributed by atoms with Crippen LogP contribution in [0.2, 0.25) is 0 Å². The Bertz CT molecular complexity index is 590. The fourth-order valence-corrected chi connectivity index (χ4v) is 2.22. The molecule has 1 unspecified atom stereocenters. The maximum Gasteiger partial charge on any atom is 0.416 e. The maximum atomic E-state index is 12.8. The highest BCUT2D eigenvalue weighted by molar-refractivity contribution is 9.10. The predicted octanol–water partition coefficient (Wildman–Crippen LogP) is 3.67. The highest BCUT2D eigenvalue weighted by Gasteiger charge is 2.31. The predicted molar refractivity (Wildman–Crippen MR) is 68.9 cm³/mol. The third kappa shape index (κ3) is 2.98. The van der Waals surface area contributed by atoms with Gasteiger partial charge in [0.2, 0.25) is 0 Å². The summed E-state index contributed by atoms with van der Waals surface area (Å²) >= 11 is 3.09. The first-order valence-corrected chi connectivity index (χ1v) is 6.24. The molecule has 1 aromatic heterocycles. The van der Waals surface area contributed by atoms with Crippen LogP contribution in [0.15, 0.2) is 35.2 Å². The Morgan fingerprint density at radius 3 is 2.58 bits per heavy atom. The van der Waals surface area contributed by atoms with Crippen molar-refractivity contribution in [2.45, 2.75) is 19.1 Å². The number of nitrogens with two attached hydrogens (primary N) is 1. The Kier molecular flexibility index (Phi) is 3.69. The molecule has 19 heavy (non-hydrogen) atoms. The van der Waals surface area contributed by atoms with Crippen LogP contribution in [0.5, 0.6) is 0 Å². The minimum atomic E-state index is -4.40. The average molecular weight is 334 g/mol. The largest absolute Gasteiger partial charge is 0.416 e. The smallest absolute Gasteiger partial charge is 0.323 e. The molecule has 0 aliphatic heterocycles. The molecular formula is C12H11BrF3N3. The van der Waals surface area contributed by atoms with E-state index in [1.165, 1.54) is 6.33 Å². The van der Waals surface area contributed by atoms with Gasteiger partial charge in [-0.15, -0.1) is 0 Å². The van der Waals surface area contributed by atoms with E-state index in [1.54, 1.807) is 23.8 Å². The topological polar surface area (TPSA) is 43.8 Å². The summed E-state index contributed by atoms with van der Waals surface area (Å²) < 4.78 is 40.2. The molecule has 0 aliphatic carbocycles. The molecule has 2 aromatic rings. The van der Waals surface area contributed by atoms with E-state index in [0.29, 0.717) is 15.9 Å². The van der Waals surface area contributed by atoms with E-state index in [1.807, 2.05) is 0 Å². The van der Waals surface area contributed by atoms with Crippen LogP contribution in [-0.2, 0) is 6.18 Å². The van der Waals surface area contributed by atoms with Gasteiger partial charge in [-0.1, -0.05) is 15.9 Å². The molecule has 0 saturated heterocycles. The van der Waals surface area contributed by atoms with Crippen molar-refractivity contribution in [3.63, 3.8) is 0 Å². The van der Waals surface area contributed by atoms with Crippen molar-refractivity contribution in [2.75, 3.05) is 0 Å². The summed E-state index contributed by atoms with van der Waals surface area (Å²) in [5.41, 5.74) is 6.05. The number of aromatic nitrogens is 2. The Labute approximate surface area is 116 Å². The van der Waals surface area contributed by atoms with Gasteiger partial charge in [0.1, 0.15) is 0 Å². The molecule has 0 amide bonds. The highest BCUT2D eigenvalue weighted by atomic mass is 79.9. The molecule has 2 rings (SSSR count). The van der Waals surface area contributed by atoms with Crippen LogP contribution in [0.1, 0.15) is 24.2 Å². The fraction of sp³-hybridized carbons (Fsp3) is 0.250. The molecule has 0 aliphatic rings. The molecule has 102 valence electrons. The molecule has 1 aromatic carbocycles. The Morgan fingerprint density at radius 2 is 2.00 bits per heavy atom. The summed E-state index contributed by atoms with van der Waals surface area (Å²) in [5, 5.41) is 0. The van der Waals surface area contributed by atoms with Crippen LogP contribution in [0.4, 0.5) is 13.2 Å². The van der Waals surface area contributed by atoms with Crippen LogP contribution in [0.25, 0.3) is 5.69 Å². The zero-order chi connectivity index (χ0) is 14.2. The Hall–Kier alpha value is -1.34. The molecule has 0 fully saturated rings. The molecule has 0 spiro atoms. The monoisotopic (exact) mass is 333 g/mol. The van der Waals surface area contributed by atoms with Crippen LogP contribution in [0, 0.1) is 0 Å². The lowest BCUT2D eigenvalue weighted by atomic mass is 10.2. The molecule has 1 heterocycles. The fourth-order valence-electron chi connectivity index (χ4n) is 1.73. The lowest BCUT2D eigenvalue weighted by Gasteiger charge is -2.14. The van der Waals surface area contributed by atoms with Gasteiger partial charge in [-0.25, -0.2) is 4.98 Å². The van der Waals surface area contributed by atoms with E-state index in [0.717, 1.165) is 12.1 Å². The highest BCUT2D eigenvalue weighted by Crippen LogP contribution is 2.33. The first kappa shape index (κ1) is 14.1. The zero-order valence-corrected chi connectivity index (χ0v) is 11.5. The van der Waals surface area contributed by atoms with Crippen LogP contribution in [-0.4, -0.2) is 9.55 Å². The minimum absolute atomic E-state index is 0.323. The van der Waals surface area contributed by atoms with Gasteiger partial charge in [-0.3, -0.25) is 0 Å². The van der Waals surface area contributed by atoms with Crippen molar-refractivity contribution in [3.8, 4) is 5.69 Å². The van der Waals surface area contributed by atoms with Gasteiger partial charge in [-0.05, 0) is 25.1 Å². The average Bonchev–Trinajstić information content (AvgIpc) is 2.75. The number of hydrogen-bond donors (Lipinski definition) is 1. The summed E-state index contributed by atoms with van der Waals surface area (Å²) in [4.78, 5) is 3.93. The maximum absolute atomic E-state index is 12.8. The van der Waals surface area contributed by atoms with Crippen molar-refractivity contribution in [1.29, 1.82) is 0 Å². The van der Waals surface area contributed by atoms with Gasteiger partial charge in [-0.2, -0.15) is 13.2 Å². The van der Waals surface area contributed by atoms with Crippen LogP contribution < -0.4 is 5.73 Å². The van der Waals surface area contributed by atoms with E-state index in [2.05, 4.69) is 20.9 Å². The number of hydrogen-bond acceptors (Lipinski definition) is 2. The van der Waals surface area contributed by atoms with E-state index in [9.17, 15) is 13.2 Å². The minimum Gasteiger partial charge on any atom is -0.323 e. The SMILES string of the molecule is CC(N)c1cncn1-c1cc(Br)cc(C(F)(F)F)c1. The second-order valence-corrected chi connectivity index (χ2v) is 5.09. The molecule has 2 N–H and O–H groups in total. The first-order valence-electron chi connectivity index (χ1n) is 5.45. The summed E-state index contributed by atoms with van der Waals surface area (Å²) in [7, 11) is 0. The first-order chi connectivity index (χ1) is 8.79. The van der Waals surface area contributed by atoms with Gasteiger partial charge in [0, 0.05) is 16.2 Å². The standard InChI is InChI=1S/C12H11BrF3N3/c1-7(17)11-5-18-6-19(11)10-3-8(12(14,15)16)2-9(13)4-10/h2-7H,17H2,1H3. The number of rotatable bonds is 2. The Balaban J connectivity index is 2.57. The summed E-state index contributed by atoms with van der Waals surface area (Å²) in [6, 6.07) is 3.36. The van der Waals surface area contributed by atoms with Gasteiger partial charge in [0.05, 0.1) is 23.8 Å². The molecule has 0 radical (unpaired) electrons.